The Morgan fingerprint density at radius 3 is 2.48 bits per heavy atom. The molecule has 1 aromatic carbocycles. The smallest absolute Gasteiger partial charge is 0.309 e. The predicted octanol–water partition coefficient (Wildman–Crippen LogP) is 6.48. The first kappa shape index (κ1) is 22.9. The third-order valence-electron chi connectivity index (χ3n) is 6.99. The molecule has 3 nitrogen and oxygen atoms in total. The van der Waals surface area contributed by atoms with Gasteiger partial charge in [-0.2, -0.15) is 0 Å². The topological polar surface area (TPSA) is 42.1 Å². The lowest BCUT2D eigenvalue weighted by atomic mass is 9.63. The maximum atomic E-state index is 12.9. The lowest BCUT2D eigenvalue weighted by Crippen LogP contribution is -2.35. The molecule has 4 heteroatoms. The van der Waals surface area contributed by atoms with Crippen LogP contribution in [-0.4, -0.2) is 17.1 Å². The third kappa shape index (κ3) is 5.28. The Morgan fingerprint density at radius 2 is 1.84 bits per heavy atom. The molecule has 31 heavy (non-hydrogen) atoms. The number of nitrogens with one attached hydrogen (secondary N) is 1. The van der Waals surface area contributed by atoms with Crippen molar-refractivity contribution in [3.05, 3.63) is 54.5 Å². The first-order valence-electron chi connectivity index (χ1n) is 11.2. The molecular weight excluding hydrogens is 389 g/mol. The van der Waals surface area contributed by atoms with E-state index < -0.39 is 0 Å². The second kappa shape index (κ2) is 10.5. The summed E-state index contributed by atoms with van der Waals surface area (Å²) >= 11 is 0. The van der Waals surface area contributed by atoms with Crippen molar-refractivity contribution in [2.75, 3.05) is 0 Å². The monoisotopic (exact) mass is 421 g/mol. The number of aromatic nitrogens is 1. The van der Waals surface area contributed by atoms with Crippen molar-refractivity contribution in [2.45, 2.75) is 51.6 Å². The zero-order valence-electron chi connectivity index (χ0n) is 18.2. The molecule has 0 amide bonds. The second-order valence-corrected chi connectivity index (χ2v) is 8.73. The Morgan fingerprint density at radius 1 is 1.13 bits per heavy atom. The molecule has 5 atom stereocenters. The minimum absolute atomic E-state index is 0.0940. The molecule has 2 aromatic rings. The first-order chi connectivity index (χ1) is 15.0. The summed E-state index contributed by atoms with van der Waals surface area (Å²) in [6, 6.07) is 10.3. The molecule has 5 rings (SSSR count). The highest BCUT2D eigenvalue weighted by Crippen LogP contribution is 2.49. The normalized spacial score (nSPS) is 28.5. The van der Waals surface area contributed by atoms with Crippen molar-refractivity contribution in [2.24, 2.45) is 23.7 Å². The molecule has 0 spiro atoms. The molecule has 1 unspecified atom stereocenters. The van der Waals surface area contributed by atoms with Gasteiger partial charge in [0.25, 0.3) is 0 Å². The van der Waals surface area contributed by atoms with Crippen LogP contribution in [0.2, 0.25) is 0 Å². The summed E-state index contributed by atoms with van der Waals surface area (Å²) in [5.74, 6) is 2.39. The van der Waals surface area contributed by atoms with E-state index in [-0.39, 0.29) is 23.8 Å². The van der Waals surface area contributed by atoms with Crippen LogP contribution in [0.5, 0.6) is 0 Å². The predicted molar refractivity (Wildman–Crippen MR) is 123 cm³/mol. The summed E-state index contributed by atoms with van der Waals surface area (Å²) in [6.45, 7) is 5.73. The van der Waals surface area contributed by atoms with Gasteiger partial charge in [-0.05, 0) is 61.9 Å². The van der Waals surface area contributed by atoms with Gasteiger partial charge in [-0.1, -0.05) is 44.4 Å². The Labute approximate surface area is 185 Å². The number of ether oxygens (including phenoxy) is 1. The van der Waals surface area contributed by atoms with Crippen LogP contribution in [-0.2, 0) is 9.53 Å². The molecule has 164 valence electrons. The highest BCUT2D eigenvalue weighted by atomic mass is 19.1. The Hall–Kier alpha value is -2.80. The van der Waals surface area contributed by atoms with Gasteiger partial charge in [0.05, 0.1) is 5.92 Å². The zero-order valence-corrected chi connectivity index (χ0v) is 18.2. The van der Waals surface area contributed by atoms with E-state index in [4.69, 9.17) is 4.74 Å². The molecule has 1 saturated heterocycles. The highest BCUT2D eigenvalue weighted by molar-refractivity contribution is 5.75. The molecule has 3 aliphatic rings. The van der Waals surface area contributed by atoms with Gasteiger partial charge < -0.3 is 9.72 Å². The Kier molecular flexibility index (Phi) is 7.74. The van der Waals surface area contributed by atoms with E-state index in [2.05, 4.69) is 31.3 Å². The van der Waals surface area contributed by atoms with Gasteiger partial charge in [-0.3, -0.25) is 4.79 Å². The number of carbonyl (C=O) groups excluding carboxylic acids is 1. The number of rotatable bonds is 2. The van der Waals surface area contributed by atoms with Crippen LogP contribution in [0.15, 0.2) is 43.0 Å². The average molecular weight is 422 g/mol. The SMILES string of the molecule is C#C.C=Cc1ccc(-c2cccc(F)c2)[nH]1.C[C@H]1OC(=O)[C@@H]2C[C@@H]3CCCCC3C[C@H]12. The molecule has 1 N–H and O–H groups in total. The summed E-state index contributed by atoms with van der Waals surface area (Å²) in [5.41, 5.74) is 2.68. The van der Waals surface area contributed by atoms with Crippen molar-refractivity contribution in [3.8, 4) is 24.1 Å². The minimum Gasteiger partial charge on any atom is -0.462 e. The Balaban J connectivity index is 0.000000163. The Bertz CT molecular complexity index is 915. The van der Waals surface area contributed by atoms with Crippen LogP contribution >= 0.6 is 0 Å². The number of cyclic esters (lactones) is 1. The van der Waals surface area contributed by atoms with E-state index in [1.165, 1.54) is 44.2 Å². The molecular formula is C27H32FNO2. The highest BCUT2D eigenvalue weighted by Gasteiger charge is 2.49. The molecule has 2 saturated carbocycles. The number of esters is 1. The van der Waals surface area contributed by atoms with Crippen LogP contribution < -0.4 is 0 Å². The van der Waals surface area contributed by atoms with E-state index in [9.17, 15) is 9.18 Å². The van der Waals surface area contributed by atoms with Gasteiger partial charge in [0.1, 0.15) is 11.9 Å². The maximum Gasteiger partial charge on any atom is 0.309 e. The van der Waals surface area contributed by atoms with Crippen molar-refractivity contribution in [1.29, 1.82) is 0 Å². The number of hydrogen-bond acceptors (Lipinski definition) is 2. The molecule has 1 aromatic heterocycles. The minimum atomic E-state index is -0.225. The quantitative estimate of drug-likeness (QED) is 0.445. The van der Waals surface area contributed by atoms with E-state index in [0.29, 0.717) is 5.92 Å². The number of benzene rings is 1. The fourth-order valence-electron chi connectivity index (χ4n) is 5.42. The number of fused-ring (bicyclic) bond motifs is 2. The molecule has 1 aliphatic heterocycles. The number of carbonyl (C=O) groups is 1. The number of H-pyrrole nitrogens is 1. The number of terminal acetylenes is 1. The summed E-state index contributed by atoms with van der Waals surface area (Å²) in [7, 11) is 0. The van der Waals surface area contributed by atoms with Crippen molar-refractivity contribution < 1.29 is 13.9 Å². The summed E-state index contributed by atoms with van der Waals surface area (Å²) in [4.78, 5) is 14.8. The lowest BCUT2D eigenvalue weighted by molar-refractivity contribution is -0.144. The van der Waals surface area contributed by atoms with Crippen molar-refractivity contribution >= 4 is 12.0 Å². The van der Waals surface area contributed by atoms with Gasteiger partial charge in [0.2, 0.25) is 0 Å². The van der Waals surface area contributed by atoms with Crippen molar-refractivity contribution in [3.63, 3.8) is 0 Å². The third-order valence-corrected chi connectivity index (χ3v) is 6.99. The van der Waals surface area contributed by atoms with E-state index >= 15 is 0 Å². The maximum absolute atomic E-state index is 12.9. The number of aromatic amines is 1. The first-order valence-corrected chi connectivity index (χ1v) is 11.2. The van der Waals surface area contributed by atoms with Gasteiger partial charge in [-0.25, -0.2) is 4.39 Å². The summed E-state index contributed by atoms with van der Waals surface area (Å²) < 4.78 is 18.3. The summed E-state index contributed by atoms with van der Waals surface area (Å²) in [5, 5.41) is 0. The van der Waals surface area contributed by atoms with Crippen LogP contribution in [0.3, 0.4) is 0 Å². The molecule has 0 radical (unpaired) electrons. The van der Waals surface area contributed by atoms with Crippen LogP contribution in [0.1, 0.15) is 51.1 Å². The van der Waals surface area contributed by atoms with Crippen molar-refractivity contribution in [1.82, 2.24) is 4.98 Å². The molecule has 3 fully saturated rings. The van der Waals surface area contributed by atoms with Gasteiger partial charge in [0.15, 0.2) is 0 Å². The fourth-order valence-corrected chi connectivity index (χ4v) is 5.42. The average Bonchev–Trinajstić information content (AvgIpc) is 3.39. The van der Waals surface area contributed by atoms with Crippen LogP contribution in [0, 0.1) is 42.3 Å². The van der Waals surface area contributed by atoms with E-state index in [0.717, 1.165) is 35.2 Å². The lowest BCUT2D eigenvalue weighted by Gasteiger charge is -2.40. The molecule has 2 aliphatic carbocycles. The standard InChI is InChI=1S/C13H20O2.C12H10FN.C2H2/c1-8-11-6-9-4-2-3-5-10(9)7-12(11)13(14)15-8;1-2-11-6-7-12(14-11)9-4-3-5-10(13)8-9;1-2/h8-12H,2-7H2,1H3;2-8,14H,1H2;1-2H/t8-,9?,10+,11-,12-;;/m1../s1. The second-order valence-electron chi connectivity index (χ2n) is 8.73. The van der Waals surface area contributed by atoms with E-state index in [1.807, 2.05) is 18.2 Å². The zero-order chi connectivity index (χ0) is 22.4. The summed E-state index contributed by atoms with van der Waals surface area (Å²) in [6.07, 6.45) is 17.8. The van der Waals surface area contributed by atoms with Gasteiger partial charge in [0, 0.05) is 22.9 Å². The van der Waals surface area contributed by atoms with Gasteiger partial charge in [-0.15, -0.1) is 12.8 Å². The van der Waals surface area contributed by atoms with Gasteiger partial charge >= 0.3 is 5.97 Å². The fraction of sp³-hybridized carbons (Fsp3) is 0.444. The largest absolute Gasteiger partial charge is 0.462 e. The van der Waals surface area contributed by atoms with Crippen LogP contribution in [0.4, 0.5) is 4.39 Å². The van der Waals surface area contributed by atoms with Crippen LogP contribution in [0.25, 0.3) is 17.3 Å². The number of halogens is 1. The van der Waals surface area contributed by atoms with E-state index in [1.54, 1.807) is 12.1 Å². The number of hydrogen-bond donors (Lipinski definition) is 1. The molecule has 0 bridgehead atoms. The molecule has 2 heterocycles.